The van der Waals surface area contributed by atoms with Gasteiger partial charge in [0, 0.05) is 17.8 Å². The van der Waals surface area contributed by atoms with Crippen molar-refractivity contribution in [2.45, 2.75) is 11.3 Å². The molecular formula is C29H26N2O5S. The molecule has 37 heavy (non-hydrogen) atoms. The highest BCUT2D eigenvalue weighted by Crippen LogP contribution is 2.32. The van der Waals surface area contributed by atoms with Crippen LogP contribution in [-0.4, -0.2) is 34.1 Å². The van der Waals surface area contributed by atoms with Crippen LogP contribution in [0.5, 0.6) is 11.5 Å². The lowest BCUT2D eigenvalue weighted by atomic mass is 10.2. The van der Waals surface area contributed by atoms with Gasteiger partial charge in [-0.05, 0) is 78.7 Å². The van der Waals surface area contributed by atoms with Gasteiger partial charge in [-0.2, -0.15) is 0 Å². The lowest BCUT2D eigenvalue weighted by molar-refractivity contribution is 0.102. The van der Waals surface area contributed by atoms with Gasteiger partial charge in [-0.15, -0.1) is 0 Å². The molecule has 0 fully saturated rings. The zero-order valence-electron chi connectivity index (χ0n) is 20.0. The molecule has 8 heteroatoms. The van der Waals surface area contributed by atoms with E-state index in [0.29, 0.717) is 43.2 Å². The fraction of sp³-hybridized carbons (Fsp3) is 0.138. The van der Waals surface area contributed by atoms with Crippen molar-refractivity contribution >= 4 is 27.3 Å². The third-order valence-corrected chi connectivity index (χ3v) is 7.85. The molecule has 0 atom stereocenters. The molecule has 0 spiro atoms. The van der Waals surface area contributed by atoms with Crippen molar-refractivity contribution in [3.63, 3.8) is 0 Å². The summed E-state index contributed by atoms with van der Waals surface area (Å²) in [6.45, 7) is 1.20. The predicted octanol–water partition coefficient (Wildman–Crippen LogP) is 5.15. The second kappa shape index (κ2) is 10.8. The first-order valence-corrected chi connectivity index (χ1v) is 13.4. The van der Waals surface area contributed by atoms with Gasteiger partial charge in [-0.1, -0.05) is 36.4 Å². The number of benzene rings is 4. The van der Waals surface area contributed by atoms with Crippen molar-refractivity contribution in [2.75, 3.05) is 29.4 Å². The number of fused-ring (bicyclic) bond motifs is 1. The Kier molecular flexibility index (Phi) is 7.09. The lowest BCUT2D eigenvalue weighted by Crippen LogP contribution is -2.29. The summed E-state index contributed by atoms with van der Waals surface area (Å²) in [7, 11) is -3.68. The average Bonchev–Trinajstić information content (AvgIpc) is 3.38. The Hall–Kier alpha value is -4.30. The predicted molar refractivity (Wildman–Crippen MR) is 143 cm³/mol. The van der Waals surface area contributed by atoms with Gasteiger partial charge in [-0.25, -0.2) is 8.42 Å². The normalized spacial score (nSPS) is 12.6. The van der Waals surface area contributed by atoms with Gasteiger partial charge in [0.15, 0.2) is 0 Å². The number of amides is 1. The number of rotatable bonds is 9. The van der Waals surface area contributed by atoms with Crippen molar-refractivity contribution in [3.05, 3.63) is 114 Å². The van der Waals surface area contributed by atoms with Crippen LogP contribution in [0.2, 0.25) is 0 Å². The van der Waals surface area contributed by atoms with E-state index in [4.69, 9.17) is 9.47 Å². The maximum Gasteiger partial charge on any atom is 0.264 e. The zero-order valence-corrected chi connectivity index (χ0v) is 20.9. The summed E-state index contributed by atoms with van der Waals surface area (Å²) < 4.78 is 39.0. The van der Waals surface area contributed by atoms with Crippen LogP contribution in [0.3, 0.4) is 0 Å². The van der Waals surface area contributed by atoms with Crippen LogP contribution in [0.15, 0.2) is 108 Å². The molecule has 1 amide bonds. The molecule has 1 aliphatic heterocycles. The molecule has 188 valence electrons. The van der Waals surface area contributed by atoms with Crippen LogP contribution < -0.4 is 19.1 Å². The number of hydrogen-bond donors (Lipinski definition) is 1. The zero-order chi connectivity index (χ0) is 25.7. The average molecular weight is 515 g/mol. The molecule has 0 radical (unpaired) electrons. The first-order chi connectivity index (χ1) is 18.0. The standard InChI is InChI=1S/C29H26N2O5S/c32-29(23-10-14-26(15-11-23)36-21-20-35-25-7-2-1-3-8-25)30-24-12-16-27(17-13-24)37(33,34)31-19-18-22-6-4-5-9-28(22)31/h1-17H,18-21H2,(H,30,32). The molecule has 4 aromatic carbocycles. The fourth-order valence-corrected chi connectivity index (χ4v) is 5.64. The van der Waals surface area contributed by atoms with Gasteiger partial charge in [0.25, 0.3) is 15.9 Å². The smallest absolute Gasteiger partial charge is 0.264 e. The molecule has 0 aliphatic carbocycles. The summed E-state index contributed by atoms with van der Waals surface area (Å²) in [6.07, 6.45) is 0.689. The summed E-state index contributed by atoms with van der Waals surface area (Å²) in [5.74, 6) is 1.11. The van der Waals surface area contributed by atoms with Crippen LogP contribution in [-0.2, 0) is 16.4 Å². The van der Waals surface area contributed by atoms with Crippen molar-refractivity contribution in [1.29, 1.82) is 0 Å². The molecule has 1 aliphatic rings. The van der Waals surface area contributed by atoms with E-state index in [9.17, 15) is 13.2 Å². The number of sulfonamides is 1. The number of carbonyl (C=O) groups is 1. The van der Waals surface area contributed by atoms with Gasteiger partial charge >= 0.3 is 0 Å². The van der Waals surface area contributed by atoms with Crippen LogP contribution in [0.1, 0.15) is 15.9 Å². The summed E-state index contributed by atoms with van der Waals surface area (Å²) in [5.41, 5.74) is 2.70. The van der Waals surface area contributed by atoms with Crippen LogP contribution in [0.25, 0.3) is 0 Å². The highest BCUT2D eigenvalue weighted by molar-refractivity contribution is 7.92. The Morgan fingerprint density at radius 3 is 2.08 bits per heavy atom. The number of para-hydroxylation sites is 2. The number of carbonyl (C=O) groups excluding carboxylic acids is 1. The van der Waals surface area contributed by atoms with Gasteiger partial charge in [0.1, 0.15) is 24.7 Å². The Morgan fingerprint density at radius 2 is 1.38 bits per heavy atom. The van der Waals surface area contributed by atoms with Crippen LogP contribution >= 0.6 is 0 Å². The SMILES string of the molecule is O=C(Nc1ccc(S(=O)(=O)N2CCc3ccccc32)cc1)c1ccc(OCCOc2ccccc2)cc1. The van der Waals surface area contributed by atoms with E-state index in [-0.39, 0.29) is 10.8 Å². The van der Waals surface area contributed by atoms with Gasteiger partial charge < -0.3 is 14.8 Å². The number of nitrogens with zero attached hydrogens (tertiary/aromatic N) is 1. The molecule has 0 unspecified atom stereocenters. The third-order valence-electron chi connectivity index (χ3n) is 6.03. The highest BCUT2D eigenvalue weighted by Gasteiger charge is 2.30. The molecule has 5 rings (SSSR count). The Labute approximate surface area is 216 Å². The summed E-state index contributed by atoms with van der Waals surface area (Å²) in [4.78, 5) is 12.9. The Bertz CT molecular complexity index is 1470. The largest absolute Gasteiger partial charge is 0.490 e. The number of anilines is 2. The minimum absolute atomic E-state index is 0.181. The van der Waals surface area contributed by atoms with E-state index < -0.39 is 10.0 Å². The number of nitrogens with one attached hydrogen (secondary N) is 1. The van der Waals surface area contributed by atoms with Gasteiger partial charge in [-0.3, -0.25) is 9.10 Å². The Balaban J connectivity index is 1.15. The van der Waals surface area contributed by atoms with Crippen molar-refractivity contribution in [3.8, 4) is 11.5 Å². The summed E-state index contributed by atoms with van der Waals surface area (Å²) in [5, 5.41) is 2.80. The third kappa shape index (κ3) is 5.59. The van der Waals surface area contributed by atoms with E-state index in [0.717, 1.165) is 17.0 Å². The molecule has 0 aromatic heterocycles. The number of hydrogen-bond acceptors (Lipinski definition) is 5. The molecule has 7 nitrogen and oxygen atoms in total. The molecule has 1 heterocycles. The quantitative estimate of drug-likeness (QED) is 0.312. The first kappa shape index (κ1) is 24.4. The highest BCUT2D eigenvalue weighted by atomic mass is 32.2. The maximum atomic E-state index is 13.2. The van der Waals surface area contributed by atoms with Crippen LogP contribution in [0.4, 0.5) is 11.4 Å². The minimum atomic E-state index is -3.68. The summed E-state index contributed by atoms with van der Waals surface area (Å²) >= 11 is 0. The van der Waals surface area contributed by atoms with Crippen molar-refractivity contribution in [2.24, 2.45) is 0 Å². The molecule has 0 saturated heterocycles. The van der Waals surface area contributed by atoms with Crippen molar-refractivity contribution in [1.82, 2.24) is 0 Å². The summed E-state index contributed by atoms with van der Waals surface area (Å²) in [6, 6.07) is 30.0. The molecule has 4 aromatic rings. The molecule has 0 bridgehead atoms. The van der Waals surface area contributed by atoms with E-state index in [1.165, 1.54) is 16.4 Å². The lowest BCUT2D eigenvalue weighted by Gasteiger charge is -2.19. The molecule has 1 N–H and O–H groups in total. The van der Waals surface area contributed by atoms with E-state index in [1.807, 2.05) is 54.6 Å². The van der Waals surface area contributed by atoms with E-state index >= 15 is 0 Å². The van der Waals surface area contributed by atoms with Crippen molar-refractivity contribution < 1.29 is 22.7 Å². The second-order valence-electron chi connectivity index (χ2n) is 8.47. The first-order valence-electron chi connectivity index (χ1n) is 11.9. The molecular weight excluding hydrogens is 488 g/mol. The van der Waals surface area contributed by atoms with Gasteiger partial charge in [0.2, 0.25) is 0 Å². The fourth-order valence-electron chi connectivity index (χ4n) is 4.14. The molecule has 0 saturated carbocycles. The topological polar surface area (TPSA) is 84.9 Å². The minimum Gasteiger partial charge on any atom is -0.490 e. The van der Waals surface area contributed by atoms with E-state index in [1.54, 1.807) is 36.4 Å². The number of ether oxygens (including phenoxy) is 2. The van der Waals surface area contributed by atoms with E-state index in [2.05, 4.69) is 5.32 Å². The maximum absolute atomic E-state index is 13.2. The van der Waals surface area contributed by atoms with Gasteiger partial charge in [0.05, 0.1) is 10.6 Å². The second-order valence-corrected chi connectivity index (χ2v) is 10.3. The monoisotopic (exact) mass is 514 g/mol. The Morgan fingerprint density at radius 1 is 0.757 bits per heavy atom. The van der Waals surface area contributed by atoms with Crippen LogP contribution in [0, 0.1) is 0 Å².